The maximum absolute atomic E-state index is 12.2. The molecule has 0 saturated heterocycles. The third-order valence-electron chi connectivity index (χ3n) is 9.07. The standard InChI is InChI=1S/C20H25N3O3.C20H24N2O3S/c1-12(2)26-20(25)22-18-10-13(3)23(14(4)24)19-8-7-15(11-16(18)19)17-6-5-9-21-17;1-12(2)25-20(24)21-18-9-13(3)22(14(4)23)19-6-5-15(10-17(18)19)16-7-8-26-11-16/h5-9,11-13,18,21H,10H2,1-4H3,(H,22,25);5-8,10-13,18H,9H2,1-4H3,(H,21,24)/t2*13-,18+/m00/s1. The molecule has 4 amide bonds. The highest BCUT2D eigenvalue weighted by Crippen LogP contribution is 2.41. The minimum atomic E-state index is -0.440. The van der Waals surface area contributed by atoms with Crippen LogP contribution in [0.5, 0.6) is 0 Å². The Hall–Kier alpha value is -5.10. The minimum Gasteiger partial charge on any atom is -0.447 e. The van der Waals surface area contributed by atoms with E-state index >= 15 is 0 Å². The highest BCUT2D eigenvalue weighted by atomic mass is 32.1. The summed E-state index contributed by atoms with van der Waals surface area (Å²) in [6.45, 7) is 14.4. The molecular weight excluding hydrogens is 679 g/mol. The molecule has 4 atom stereocenters. The largest absolute Gasteiger partial charge is 0.447 e. The van der Waals surface area contributed by atoms with E-state index in [1.54, 1.807) is 35.0 Å². The molecule has 0 unspecified atom stereocenters. The maximum Gasteiger partial charge on any atom is 0.407 e. The number of amides is 4. The number of aromatic nitrogens is 1. The molecule has 0 bridgehead atoms. The minimum absolute atomic E-state index is 0.00338. The van der Waals surface area contributed by atoms with Gasteiger partial charge < -0.3 is 34.9 Å². The lowest BCUT2D eigenvalue weighted by Crippen LogP contribution is -2.45. The second-order valence-corrected chi connectivity index (χ2v) is 14.7. The Morgan fingerprint density at radius 3 is 1.65 bits per heavy atom. The van der Waals surface area contributed by atoms with E-state index in [9.17, 15) is 19.2 Å². The van der Waals surface area contributed by atoms with Crippen LogP contribution in [0.15, 0.2) is 71.6 Å². The number of carbonyl (C=O) groups excluding carboxylic acids is 4. The number of ether oxygens (including phenoxy) is 2. The molecule has 3 N–H and O–H groups in total. The van der Waals surface area contributed by atoms with Crippen molar-refractivity contribution in [3.8, 4) is 22.4 Å². The van der Waals surface area contributed by atoms with Crippen LogP contribution < -0.4 is 20.4 Å². The Labute approximate surface area is 309 Å². The molecule has 12 heteroatoms. The van der Waals surface area contributed by atoms with Crippen LogP contribution in [0.25, 0.3) is 22.4 Å². The van der Waals surface area contributed by atoms with Gasteiger partial charge in [0.2, 0.25) is 11.8 Å². The summed E-state index contributed by atoms with van der Waals surface area (Å²) in [5.74, 6) is -0.000166. The van der Waals surface area contributed by atoms with Crippen LogP contribution in [0.1, 0.15) is 91.4 Å². The lowest BCUT2D eigenvalue weighted by Gasteiger charge is -2.39. The predicted octanol–water partition coefficient (Wildman–Crippen LogP) is 8.74. The van der Waals surface area contributed by atoms with E-state index in [1.165, 1.54) is 0 Å². The molecule has 2 aromatic heterocycles. The molecule has 0 spiro atoms. The van der Waals surface area contributed by atoms with Crippen molar-refractivity contribution in [3.63, 3.8) is 0 Å². The van der Waals surface area contributed by atoms with Crippen molar-refractivity contribution >= 4 is 46.7 Å². The molecule has 2 aliphatic heterocycles. The van der Waals surface area contributed by atoms with Crippen molar-refractivity contribution in [1.82, 2.24) is 15.6 Å². The summed E-state index contributed by atoms with van der Waals surface area (Å²) in [5, 5.41) is 10.1. The smallest absolute Gasteiger partial charge is 0.407 e. The number of thiophene rings is 1. The van der Waals surface area contributed by atoms with E-state index in [4.69, 9.17) is 9.47 Å². The van der Waals surface area contributed by atoms with Gasteiger partial charge >= 0.3 is 12.2 Å². The molecule has 0 radical (unpaired) electrons. The number of H-pyrrole nitrogens is 1. The molecule has 11 nitrogen and oxygen atoms in total. The van der Waals surface area contributed by atoms with E-state index in [0.717, 1.165) is 44.9 Å². The highest BCUT2D eigenvalue weighted by Gasteiger charge is 2.35. The van der Waals surface area contributed by atoms with Gasteiger partial charge in [0.05, 0.1) is 24.3 Å². The predicted molar refractivity (Wildman–Crippen MR) is 205 cm³/mol. The number of benzene rings is 2. The number of anilines is 2. The molecule has 4 aromatic rings. The Morgan fingerprint density at radius 2 is 1.23 bits per heavy atom. The normalized spacial score (nSPS) is 19.2. The van der Waals surface area contributed by atoms with Gasteiger partial charge in [-0.15, -0.1) is 0 Å². The number of nitrogens with one attached hydrogen (secondary N) is 3. The quantitative estimate of drug-likeness (QED) is 0.182. The molecule has 52 heavy (non-hydrogen) atoms. The first kappa shape index (κ1) is 38.1. The maximum atomic E-state index is 12.2. The Bertz CT molecular complexity index is 1740. The number of carbonyl (C=O) groups is 4. The molecule has 4 heterocycles. The number of aromatic amines is 1. The zero-order valence-electron chi connectivity index (χ0n) is 31.1. The van der Waals surface area contributed by atoms with Crippen molar-refractivity contribution in [1.29, 1.82) is 0 Å². The van der Waals surface area contributed by atoms with Gasteiger partial charge in [0.25, 0.3) is 0 Å². The van der Waals surface area contributed by atoms with Gasteiger partial charge in [-0.1, -0.05) is 12.1 Å². The number of rotatable bonds is 6. The SMILES string of the molecule is CC(=O)N1c2ccc(-c3ccc[nH]3)cc2[C@H](NC(=O)OC(C)C)C[C@@H]1C.CC(=O)N1c2ccc(-c3ccsc3)cc2[C@H](NC(=O)OC(C)C)C[C@@H]1C. The molecule has 6 rings (SSSR count). The Morgan fingerprint density at radius 1 is 0.731 bits per heavy atom. The van der Waals surface area contributed by atoms with Crippen molar-refractivity contribution in [2.75, 3.05) is 9.80 Å². The van der Waals surface area contributed by atoms with E-state index in [0.29, 0.717) is 12.8 Å². The Kier molecular flexibility index (Phi) is 12.1. The number of nitrogens with zero attached hydrogens (tertiary/aromatic N) is 2. The summed E-state index contributed by atoms with van der Waals surface area (Å²) in [6, 6.07) is 17.6. The van der Waals surface area contributed by atoms with E-state index in [2.05, 4.69) is 33.1 Å². The second kappa shape index (κ2) is 16.5. The lowest BCUT2D eigenvalue weighted by molar-refractivity contribution is -0.118. The van der Waals surface area contributed by atoms with Crippen LogP contribution in [-0.4, -0.2) is 53.3 Å². The number of fused-ring (bicyclic) bond motifs is 2. The van der Waals surface area contributed by atoms with Gasteiger partial charge in [0, 0.05) is 49.2 Å². The average molecular weight is 728 g/mol. The summed E-state index contributed by atoms with van der Waals surface area (Å²) in [5.41, 5.74) is 7.77. The molecule has 2 aliphatic rings. The van der Waals surface area contributed by atoms with Crippen LogP contribution in [-0.2, 0) is 19.1 Å². The summed E-state index contributed by atoms with van der Waals surface area (Å²) in [7, 11) is 0. The number of alkyl carbamates (subject to hydrolysis) is 2. The van der Waals surface area contributed by atoms with Crippen molar-refractivity contribution < 1.29 is 28.7 Å². The van der Waals surface area contributed by atoms with Gasteiger partial charge in [-0.3, -0.25) is 9.59 Å². The van der Waals surface area contributed by atoms with Crippen LogP contribution in [0, 0.1) is 0 Å². The zero-order valence-corrected chi connectivity index (χ0v) is 31.9. The fourth-order valence-electron chi connectivity index (χ4n) is 7.03. The van der Waals surface area contributed by atoms with Gasteiger partial charge in [-0.05, 0) is 135 Å². The van der Waals surface area contributed by atoms with Crippen LogP contribution in [0.2, 0.25) is 0 Å². The van der Waals surface area contributed by atoms with E-state index in [-0.39, 0.29) is 48.2 Å². The molecule has 0 aliphatic carbocycles. The van der Waals surface area contributed by atoms with Gasteiger partial charge in [-0.25, -0.2) is 9.59 Å². The van der Waals surface area contributed by atoms with Crippen LogP contribution in [0.4, 0.5) is 21.0 Å². The lowest BCUT2D eigenvalue weighted by atomic mass is 9.89. The average Bonchev–Trinajstić information content (AvgIpc) is 3.79. The van der Waals surface area contributed by atoms with E-state index in [1.807, 2.05) is 95.6 Å². The molecule has 2 aromatic carbocycles. The Balaban J connectivity index is 0.000000201. The summed E-state index contributed by atoms with van der Waals surface area (Å²) >= 11 is 1.64. The number of hydrogen-bond acceptors (Lipinski definition) is 7. The summed E-state index contributed by atoms with van der Waals surface area (Å²) in [4.78, 5) is 55.4. The van der Waals surface area contributed by atoms with Crippen molar-refractivity contribution in [2.24, 2.45) is 0 Å². The topological polar surface area (TPSA) is 133 Å². The summed E-state index contributed by atoms with van der Waals surface area (Å²) < 4.78 is 10.5. The molecule has 0 fully saturated rings. The van der Waals surface area contributed by atoms with Crippen LogP contribution >= 0.6 is 11.3 Å². The monoisotopic (exact) mass is 727 g/mol. The second-order valence-electron chi connectivity index (χ2n) is 13.9. The fraction of sp³-hybridized carbons (Fsp3) is 0.400. The molecule has 276 valence electrons. The van der Waals surface area contributed by atoms with Gasteiger partial charge in [0.15, 0.2) is 0 Å². The first-order chi connectivity index (χ1) is 24.7. The first-order valence-corrected chi connectivity index (χ1v) is 18.7. The first-order valence-electron chi connectivity index (χ1n) is 17.7. The van der Waals surface area contributed by atoms with Gasteiger partial charge in [0.1, 0.15) is 0 Å². The van der Waals surface area contributed by atoms with Crippen molar-refractivity contribution in [3.05, 3.63) is 82.7 Å². The number of hydrogen-bond donors (Lipinski definition) is 3. The third kappa shape index (κ3) is 8.85. The summed E-state index contributed by atoms with van der Waals surface area (Å²) in [6.07, 6.45) is 1.91. The van der Waals surface area contributed by atoms with Gasteiger partial charge in [-0.2, -0.15) is 11.3 Å². The van der Waals surface area contributed by atoms with Crippen molar-refractivity contribution in [2.45, 2.75) is 105 Å². The van der Waals surface area contributed by atoms with E-state index < -0.39 is 12.2 Å². The zero-order chi connectivity index (χ0) is 37.7. The third-order valence-corrected chi connectivity index (χ3v) is 9.75. The molecule has 0 saturated carbocycles. The van der Waals surface area contributed by atoms with Crippen LogP contribution in [0.3, 0.4) is 0 Å². The molecular formula is C40H49N5O6S. The highest BCUT2D eigenvalue weighted by molar-refractivity contribution is 7.08. The fourth-order valence-corrected chi connectivity index (χ4v) is 7.69.